The van der Waals surface area contributed by atoms with E-state index in [1.807, 2.05) is 25.1 Å². The van der Waals surface area contributed by atoms with Crippen LogP contribution in [-0.4, -0.2) is 18.3 Å². The summed E-state index contributed by atoms with van der Waals surface area (Å²) in [7, 11) is 1.58. The molecule has 0 bridgehead atoms. The van der Waals surface area contributed by atoms with Crippen molar-refractivity contribution in [2.24, 2.45) is 5.10 Å². The van der Waals surface area contributed by atoms with Gasteiger partial charge in [0.15, 0.2) is 5.82 Å². The number of hydrazone groups is 1. The van der Waals surface area contributed by atoms with Crippen molar-refractivity contribution in [2.45, 2.75) is 20.1 Å². The molecule has 2 aromatic carbocycles. The van der Waals surface area contributed by atoms with Crippen LogP contribution in [0.25, 0.3) is 0 Å². The zero-order valence-electron chi connectivity index (χ0n) is 17.3. The first-order chi connectivity index (χ1) is 15.4. The van der Waals surface area contributed by atoms with E-state index in [2.05, 4.69) is 66.8 Å². The highest BCUT2D eigenvalue weighted by atomic mass is 127. The molecule has 1 aromatic heterocycles. The maximum atomic E-state index is 13.8. The van der Waals surface area contributed by atoms with Gasteiger partial charge in [-0.05, 0) is 81.9 Å². The Bertz CT molecular complexity index is 1170. The third-order valence-electron chi connectivity index (χ3n) is 4.38. The number of ether oxygens (including phenoxy) is 2. The fraction of sp³-hybridized carbons (Fsp3) is 0.174. The van der Waals surface area contributed by atoms with Crippen molar-refractivity contribution in [3.05, 3.63) is 83.4 Å². The fourth-order valence-corrected chi connectivity index (χ4v) is 5.07. The standard InChI is InChI=1S/C23H19FI2N4O2/c1-14-7-17(12-31-2)18(10-27)23(29-14)30-28-11-15-8-20(25)22(21(26)9-15)32-13-16-5-3-4-6-19(16)24/h3-9,11H,12-13H2,1-2H3,(H,29,30)/b28-11+. The number of anilines is 1. The van der Waals surface area contributed by atoms with Crippen LogP contribution in [0.5, 0.6) is 5.75 Å². The minimum Gasteiger partial charge on any atom is -0.487 e. The van der Waals surface area contributed by atoms with E-state index in [0.29, 0.717) is 29.3 Å². The van der Waals surface area contributed by atoms with Crippen molar-refractivity contribution in [2.75, 3.05) is 12.5 Å². The number of hydrogen-bond acceptors (Lipinski definition) is 6. The van der Waals surface area contributed by atoms with E-state index in [1.165, 1.54) is 6.07 Å². The van der Waals surface area contributed by atoms with E-state index in [9.17, 15) is 9.65 Å². The Kier molecular flexibility index (Phi) is 8.77. The molecule has 0 aliphatic rings. The van der Waals surface area contributed by atoms with Crippen LogP contribution in [0.4, 0.5) is 10.2 Å². The summed E-state index contributed by atoms with van der Waals surface area (Å²) >= 11 is 4.36. The minimum atomic E-state index is -0.289. The van der Waals surface area contributed by atoms with Gasteiger partial charge in [0.05, 0.1) is 20.0 Å². The SMILES string of the molecule is COCc1cc(C)nc(N/N=C/c2cc(I)c(OCc3ccccc3F)c(I)c2)c1C#N. The summed E-state index contributed by atoms with van der Waals surface area (Å²) in [5.41, 5.74) is 6.11. The molecule has 0 radical (unpaired) electrons. The fourth-order valence-electron chi connectivity index (χ4n) is 2.94. The molecule has 0 aliphatic carbocycles. The summed E-state index contributed by atoms with van der Waals surface area (Å²) in [6.45, 7) is 2.31. The molecule has 0 atom stereocenters. The zero-order valence-corrected chi connectivity index (χ0v) is 21.6. The monoisotopic (exact) mass is 656 g/mol. The molecular formula is C23H19FI2N4O2. The molecule has 1 N–H and O–H groups in total. The van der Waals surface area contributed by atoms with E-state index in [1.54, 1.807) is 31.5 Å². The van der Waals surface area contributed by atoms with Crippen LogP contribution in [0.3, 0.4) is 0 Å². The molecule has 0 saturated heterocycles. The third-order valence-corrected chi connectivity index (χ3v) is 5.98. The second kappa shape index (κ2) is 11.5. The molecule has 6 nitrogen and oxygen atoms in total. The van der Waals surface area contributed by atoms with E-state index >= 15 is 0 Å². The van der Waals surface area contributed by atoms with Crippen molar-refractivity contribution >= 4 is 57.2 Å². The number of nitrogens with zero attached hydrogens (tertiary/aromatic N) is 3. The predicted octanol–water partition coefficient (Wildman–Crippen LogP) is 5.78. The highest BCUT2D eigenvalue weighted by molar-refractivity contribution is 14.1. The van der Waals surface area contributed by atoms with E-state index in [0.717, 1.165) is 24.0 Å². The first-order valence-electron chi connectivity index (χ1n) is 9.46. The number of hydrogen-bond donors (Lipinski definition) is 1. The topological polar surface area (TPSA) is 79.5 Å². The van der Waals surface area contributed by atoms with E-state index in [-0.39, 0.29) is 12.4 Å². The van der Waals surface area contributed by atoms with Crippen molar-refractivity contribution in [1.82, 2.24) is 4.98 Å². The average Bonchev–Trinajstić information content (AvgIpc) is 2.74. The Morgan fingerprint density at radius 1 is 1.16 bits per heavy atom. The molecule has 0 aliphatic heterocycles. The van der Waals surface area contributed by atoms with E-state index < -0.39 is 0 Å². The minimum absolute atomic E-state index is 0.146. The van der Waals surface area contributed by atoms with Crippen LogP contribution in [0.1, 0.15) is 27.9 Å². The first-order valence-corrected chi connectivity index (χ1v) is 11.6. The van der Waals surface area contributed by atoms with Gasteiger partial charge in [0.25, 0.3) is 0 Å². The van der Waals surface area contributed by atoms with Crippen molar-refractivity contribution in [3.8, 4) is 11.8 Å². The summed E-state index contributed by atoms with van der Waals surface area (Å²) in [6, 6.07) is 14.4. The van der Waals surface area contributed by atoms with Gasteiger partial charge in [-0.2, -0.15) is 10.4 Å². The predicted molar refractivity (Wildman–Crippen MR) is 138 cm³/mol. The smallest absolute Gasteiger partial charge is 0.164 e. The molecule has 9 heteroatoms. The highest BCUT2D eigenvalue weighted by Gasteiger charge is 2.12. The van der Waals surface area contributed by atoms with Gasteiger partial charge < -0.3 is 9.47 Å². The number of nitriles is 1. The molecule has 32 heavy (non-hydrogen) atoms. The molecule has 1 heterocycles. The first kappa shape index (κ1) is 24.3. The number of pyridine rings is 1. The van der Waals surface area contributed by atoms with Crippen molar-refractivity contribution in [3.63, 3.8) is 0 Å². The Balaban J connectivity index is 1.75. The molecule has 164 valence electrons. The van der Waals surface area contributed by atoms with Gasteiger partial charge in [-0.3, -0.25) is 5.43 Å². The highest BCUT2D eigenvalue weighted by Crippen LogP contribution is 2.29. The lowest BCUT2D eigenvalue weighted by atomic mass is 10.1. The van der Waals surface area contributed by atoms with Gasteiger partial charge in [-0.15, -0.1) is 0 Å². The van der Waals surface area contributed by atoms with Gasteiger partial charge in [0.1, 0.15) is 29.8 Å². The molecule has 0 spiro atoms. The molecule has 0 fully saturated rings. The number of methoxy groups -OCH3 is 1. The van der Waals surface area contributed by atoms with Crippen LogP contribution in [0.15, 0.2) is 47.6 Å². The number of halogens is 3. The second-order valence-corrected chi connectivity index (χ2v) is 9.08. The van der Waals surface area contributed by atoms with E-state index in [4.69, 9.17) is 9.47 Å². The Morgan fingerprint density at radius 3 is 2.53 bits per heavy atom. The summed E-state index contributed by atoms with van der Waals surface area (Å²) in [4.78, 5) is 4.37. The van der Waals surface area contributed by atoms with Crippen molar-refractivity contribution in [1.29, 1.82) is 5.26 Å². The summed E-state index contributed by atoms with van der Waals surface area (Å²) in [6.07, 6.45) is 1.64. The van der Waals surface area contributed by atoms with Gasteiger partial charge in [-0.1, -0.05) is 18.2 Å². The normalized spacial score (nSPS) is 10.9. The van der Waals surface area contributed by atoms with Gasteiger partial charge >= 0.3 is 0 Å². The molecule has 0 amide bonds. The Hall–Kier alpha value is -2.30. The lowest BCUT2D eigenvalue weighted by Crippen LogP contribution is -2.04. The van der Waals surface area contributed by atoms with Crippen LogP contribution >= 0.6 is 45.2 Å². The van der Waals surface area contributed by atoms with Crippen LogP contribution in [0, 0.1) is 31.2 Å². The molecule has 0 saturated carbocycles. The maximum Gasteiger partial charge on any atom is 0.164 e. The number of nitrogens with one attached hydrogen (secondary N) is 1. The maximum absolute atomic E-state index is 13.8. The quantitative estimate of drug-likeness (QED) is 0.189. The molecule has 0 unspecified atom stereocenters. The van der Waals surface area contributed by atoms with Crippen molar-refractivity contribution < 1.29 is 13.9 Å². The third kappa shape index (κ3) is 6.14. The molecule has 3 aromatic rings. The Labute approximate surface area is 213 Å². The summed E-state index contributed by atoms with van der Waals surface area (Å²) in [5.74, 6) is 0.781. The molecular weight excluding hydrogens is 637 g/mol. The Morgan fingerprint density at radius 2 is 1.88 bits per heavy atom. The van der Waals surface area contributed by atoms with Gasteiger partial charge in [-0.25, -0.2) is 9.37 Å². The average molecular weight is 656 g/mol. The number of aromatic nitrogens is 1. The number of rotatable bonds is 8. The second-order valence-electron chi connectivity index (χ2n) is 6.75. The zero-order chi connectivity index (χ0) is 23.1. The molecule has 3 rings (SSSR count). The number of aryl methyl sites for hydroxylation is 1. The summed E-state index contributed by atoms with van der Waals surface area (Å²) < 4.78 is 26.6. The van der Waals surface area contributed by atoms with Gasteiger partial charge in [0.2, 0.25) is 0 Å². The van der Waals surface area contributed by atoms with Gasteiger partial charge in [0, 0.05) is 23.9 Å². The summed E-state index contributed by atoms with van der Waals surface area (Å²) in [5, 5.41) is 13.8. The lowest BCUT2D eigenvalue weighted by Gasteiger charge is -2.12. The number of benzene rings is 2. The van der Waals surface area contributed by atoms with Crippen LogP contribution in [-0.2, 0) is 18.0 Å². The lowest BCUT2D eigenvalue weighted by molar-refractivity contribution is 0.184. The largest absolute Gasteiger partial charge is 0.487 e. The van der Waals surface area contributed by atoms with Crippen LogP contribution < -0.4 is 10.2 Å². The van der Waals surface area contributed by atoms with Crippen LogP contribution in [0.2, 0.25) is 0 Å².